The van der Waals surface area contributed by atoms with E-state index in [-0.39, 0.29) is 84.4 Å². The molecule has 0 aliphatic carbocycles. The van der Waals surface area contributed by atoms with Crippen LogP contribution in [-0.2, 0) is 19.6 Å². The fraction of sp³-hybridized carbons (Fsp3) is 1.00. The second-order valence-corrected chi connectivity index (χ2v) is 7.55. The molecule has 0 radical (unpaired) electrons. The maximum Gasteiger partial charge on any atom is 1.00 e. The maximum atomic E-state index is 11.0. The molecular formula is C16H34KNO7S. The fourth-order valence-electron chi connectivity index (χ4n) is 2.32. The molecule has 0 aliphatic rings. The van der Waals surface area contributed by atoms with Crippen molar-refractivity contribution in [2.75, 3.05) is 51.9 Å². The molecule has 0 aromatic carbocycles. The average molecular weight is 424 g/mol. The molecule has 0 aromatic heterocycles. The molecule has 0 saturated heterocycles. The topological polar surface area (TPSA) is 119 Å². The summed E-state index contributed by atoms with van der Waals surface area (Å²) in [6.45, 7) is 4.92. The van der Waals surface area contributed by atoms with Crippen LogP contribution < -0.4 is 51.4 Å². The molecule has 10 heteroatoms. The summed E-state index contributed by atoms with van der Waals surface area (Å²) in [7, 11) is -4.40. The van der Waals surface area contributed by atoms with Crippen molar-refractivity contribution in [1.82, 2.24) is 4.90 Å². The number of aliphatic hydroxyl groups is 2. The number of hydrogen-bond donors (Lipinski definition) is 2. The van der Waals surface area contributed by atoms with E-state index in [9.17, 15) is 23.2 Å². The van der Waals surface area contributed by atoms with Crippen LogP contribution in [0, 0.1) is 0 Å². The van der Waals surface area contributed by atoms with Gasteiger partial charge in [-0.1, -0.05) is 26.7 Å². The Balaban J connectivity index is 0. The van der Waals surface area contributed by atoms with Crippen molar-refractivity contribution >= 4 is 10.1 Å². The average Bonchev–Trinajstić information content (AvgIpc) is 2.57. The Morgan fingerprint density at radius 3 is 1.69 bits per heavy atom. The molecule has 0 saturated carbocycles. The van der Waals surface area contributed by atoms with Gasteiger partial charge in [-0.25, -0.2) is 8.42 Å². The zero-order valence-corrected chi connectivity index (χ0v) is 20.4. The Kier molecular flexibility index (Phi) is 20.9. The summed E-state index contributed by atoms with van der Waals surface area (Å²) in [5.74, 6) is -0.593. The van der Waals surface area contributed by atoms with Crippen LogP contribution in [0.5, 0.6) is 0 Å². The van der Waals surface area contributed by atoms with Crippen molar-refractivity contribution < 1.29 is 84.0 Å². The summed E-state index contributed by atoms with van der Waals surface area (Å²) in [6, 6.07) is -1.02. The van der Waals surface area contributed by atoms with Crippen molar-refractivity contribution in [3.63, 3.8) is 0 Å². The van der Waals surface area contributed by atoms with Crippen LogP contribution in [0.3, 0.4) is 0 Å². The predicted molar refractivity (Wildman–Crippen MR) is 94.5 cm³/mol. The standard InChI is InChI=1S/C16H35NO7S.K/c1-3-5-8-23-13-15(11-18)17(7-10-25(20,21)22)16(12-19)14-24-9-6-4-2;/h15-16,18-19H,3-14H2,1-2H3,(H,20,21,22);/q;+1/p-1. The molecule has 26 heavy (non-hydrogen) atoms. The molecule has 8 nitrogen and oxygen atoms in total. The molecule has 0 fully saturated rings. The van der Waals surface area contributed by atoms with Gasteiger partial charge in [0.2, 0.25) is 0 Å². The molecule has 0 rings (SSSR count). The van der Waals surface area contributed by atoms with Crippen molar-refractivity contribution in [1.29, 1.82) is 0 Å². The minimum Gasteiger partial charge on any atom is -0.748 e. The molecule has 2 N–H and O–H groups in total. The second-order valence-electron chi connectivity index (χ2n) is 6.03. The van der Waals surface area contributed by atoms with Crippen LogP contribution in [-0.4, -0.2) is 92.1 Å². The van der Waals surface area contributed by atoms with Crippen molar-refractivity contribution in [2.24, 2.45) is 0 Å². The molecule has 152 valence electrons. The first-order chi connectivity index (χ1) is 11.9. The summed E-state index contributed by atoms with van der Waals surface area (Å²) < 4.78 is 44.0. The van der Waals surface area contributed by atoms with Gasteiger partial charge in [-0.2, -0.15) is 0 Å². The van der Waals surface area contributed by atoms with Crippen LogP contribution in [0.1, 0.15) is 39.5 Å². The van der Waals surface area contributed by atoms with Crippen LogP contribution in [0.25, 0.3) is 0 Å². The van der Waals surface area contributed by atoms with Crippen LogP contribution in [0.4, 0.5) is 0 Å². The minimum atomic E-state index is -4.40. The molecule has 0 spiro atoms. The second kappa shape index (κ2) is 18.4. The van der Waals surface area contributed by atoms with Crippen molar-refractivity contribution in [3.8, 4) is 0 Å². The third-order valence-corrected chi connectivity index (χ3v) is 4.55. The number of hydrogen-bond acceptors (Lipinski definition) is 8. The van der Waals surface area contributed by atoms with Crippen LogP contribution >= 0.6 is 0 Å². The number of unbranched alkanes of at least 4 members (excludes halogenated alkanes) is 2. The first-order valence-electron chi connectivity index (χ1n) is 8.96. The molecule has 0 heterocycles. The third kappa shape index (κ3) is 15.3. The Hall–Kier alpha value is 1.35. The van der Waals surface area contributed by atoms with Gasteiger partial charge in [0.25, 0.3) is 0 Å². The Labute approximate surface area is 200 Å². The van der Waals surface area contributed by atoms with E-state index in [0.717, 1.165) is 25.7 Å². The van der Waals surface area contributed by atoms with Gasteiger partial charge in [0.15, 0.2) is 0 Å². The molecule has 0 aliphatic heterocycles. The van der Waals surface area contributed by atoms with Crippen molar-refractivity contribution in [3.05, 3.63) is 0 Å². The van der Waals surface area contributed by atoms with Gasteiger partial charge in [0.05, 0.1) is 54.4 Å². The first kappa shape index (κ1) is 29.5. The van der Waals surface area contributed by atoms with E-state index in [0.29, 0.717) is 13.2 Å². The SMILES string of the molecule is CCCCOCC(CO)N(CCS(=O)(=O)[O-])C(CO)COCCCC.[K+]. The zero-order valence-electron chi connectivity index (χ0n) is 16.4. The summed E-state index contributed by atoms with van der Waals surface area (Å²) in [5.41, 5.74) is 0. The van der Waals surface area contributed by atoms with Gasteiger partial charge < -0.3 is 24.2 Å². The van der Waals surface area contributed by atoms with E-state index < -0.39 is 28.0 Å². The van der Waals surface area contributed by atoms with Gasteiger partial charge in [-0.3, -0.25) is 4.90 Å². The number of nitrogens with zero attached hydrogens (tertiary/aromatic N) is 1. The fourth-order valence-corrected chi connectivity index (χ4v) is 2.75. The Bertz CT molecular complexity index is 391. The molecule has 0 amide bonds. The van der Waals surface area contributed by atoms with E-state index in [1.165, 1.54) is 0 Å². The van der Waals surface area contributed by atoms with E-state index in [2.05, 4.69) is 0 Å². The molecular weight excluding hydrogens is 389 g/mol. The molecule has 2 atom stereocenters. The first-order valence-corrected chi connectivity index (χ1v) is 10.5. The van der Waals surface area contributed by atoms with E-state index in [4.69, 9.17) is 9.47 Å². The van der Waals surface area contributed by atoms with Crippen LogP contribution in [0.2, 0.25) is 0 Å². The summed E-state index contributed by atoms with van der Waals surface area (Å²) in [4.78, 5) is 1.60. The molecule has 0 aromatic rings. The van der Waals surface area contributed by atoms with Crippen LogP contribution in [0.15, 0.2) is 0 Å². The Morgan fingerprint density at radius 2 is 1.38 bits per heavy atom. The third-order valence-electron chi connectivity index (χ3n) is 3.86. The molecule has 0 bridgehead atoms. The van der Waals surface area contributed by atoms with Gasteiger partial charge in [0, 0.05) is 19.8 Å². The van der Waals surface area contributed by atoms with Gasteiger partial charge >= 0.3 is 51.4 Å². The smallest absolute Gasteiger partial charge is 0.748 e. The van der Waals surface area contributed by atoms with Gasteiger partial charge in [0.1, 0.15) is 0 Å². The van der Waals surface area contributed by atoms with Gasteiger partial charge in [-0.05, 0) is 12.8 Å². The maximum absolute atomic E-state index is 11.0. The zero-order chi connectivity index (χ0) is 19.1. The number of rotatable bonds is 17. The van der Waals surface area contributed by atoms with E-state index in [1.54, 1.807) is 4.90 Å². The summed E-state index contributed by atoms with van der Waals surface area (Å²) >= 11 is 0. The Morgan fingerprint density at radius 1 is 0.962 bits per heavy atom. The van der Waals surface area contributed by atoms with E-state index in [1.807, 2.05) is 13.8 Å². The monoisotopic (exact) mass is 423 g/mol. The largest absolute Gasteiger partial charge is 1.00 e. The number of aliphatic hydroxyl groups excluding tert-OH is 2. The number of ether oxygens (including phenoxy) is 2. The van der Waals surface area contributed by atoms with Crippen molar-refractivity contribution in [2.45, 2.75) is 51.6 Å². The van der Waals surface area contributed by atoms with Gasteiger partial charge in [-0.15, -0.1) is 0 Å². The summed E-state index contributed by atoms with van der Waals surface area (Å²) in [5, 5.41) is 19.3. The summed E-state index contributed by atoms with van der Waals surface area (Å²) in [6.07, 6.45) is 3.73. The molecule has 2 unspecified atom stereocenters. The normalized spacial score (nSPS) is 14.2. The van der Waals surface area contributed by atoms with E-state index >= 15 is 0 Å². The predicted octanol–water partition coefficient (Wildman–Crippen LogP) is -2.81. The minimum absolute atomic E-state index is 0. The quantitative estimate of drug-likeness (QED) is 0.146.